The van der Waals surface area contributed by atoms with E-state index in [4.69, 9.17) is 42.8 Å². The summed E-state index contributed by atoms with van der Waals surface area (Å²) < 4.78 is 21.9. The fourth-order valence-corrected chi connectivity index (χ4v) is 3.08. The van der Waals surface area contributed by atoms with Gasteiger partial charge in [0.1, 0.15) is 17.6 Å². The minimum Gasteiger partial charge on any atom is -0.462 e. The molecule has 30 heavy (non-hydrogen) atoms. The Kier molecular flexibility index (Phi) is 7.06. The van der Waals surface area contributed by atoms with Crippen molar-refractivity contribution in [3.63, 3.8) is 0 Å². The zero-order chi connectivity index (χ0) is 21.8. The van der Waals surface area contributed by atoms with Crippen LogP contribution in [0.5, 0.6) is 11.5 Å². The summed E-state index contributed by atoms with van der Waals surface area (Å²) in [6.07, 6.45) is -5.69. The number of benzene rings is 2. The van der Waals surface area contributed by atoms with Crippen molar-refractivity contribution < 1.29 is 34.1 Å². The maximum absolute atomic E-state index is 10.7. The molecule has 1 heterocycles. The van der Waals surface area contributed by atoms with Gasteiger partial charge in [-0.05, 0) is 43.3 Å². The van der Waals surface area contributed by atoms with Gasteiger partial charge in [-0.15, -0.1) is 0 Å². The SMILES string of the molecule is C[C@@H]1O[C@H](Oc2ccc(Cl)cc2)[C@H](O)[C@H](OC(=S)Oc2ccc([N+](=O)[O-])cc2)[C@H]1O. The Labute approximate surface area is 181 Å². The van der Waals surface area contributed by atoms with Crippen molar-refractivity contribution in [3.8, 4) is 11.5 Å². The number of rotatable bonds is 5. The number of hydrogen-bond donors (Lipinski definition) is 2. The summed E-state index contributed by atoms with van der Waals surface area (Å²) in [5, 5.41) is 31.8. The molecule has 0 radical (unpaired) electrons. The Bertz CT molecular complexity index is 894. The minimum absolute atomic E-state index is 0.111. The first kappa shape index (κ1) is 22.2. The van der Waals surface area contributed by atoms with Crippen LogP contribution >= 0.6 is 23.8 Å². The highest BCUT2D eigenvalue weighted by Crippen LogP contribution is 2.27. The number of thiocarbonyl (C=S) groups is 1. The lowest BCUT2D eigenvalue weighted by Gasteiger charge is -2.40. The van der Waals surface area contributed by atoms with Crippen molar-refractivity contribution in [1.29, 1.82) is 0 Å². The van der Waals surface area contributed by atoms with Gasteiger partial charge in [0.2, 0.25) is 6.29 Å². The van der Waals surface area contributed by atoms with E-state index >= 15 is 0 Å². The van der Waals surface area contributed by atoms with Crippen molar-refractivity contribution in [1.82, 2.24) is 0 Å². The molecule has 2 N–H and O–H groups in total. The van der Waals surface area contributed by atoms with Gasteiger partial charge in [0.05, 0.1) is 11.0 Å². The van der Waals surface area contributed by atoms with Crippen LogP contribution in [-0.4, -0.2) is 51.1 Å². The van der Waals surface area contributed by atoms with Gasteiger partial charge in [-0.2, -0.15) is 0 Å². The second-order valence-electron chi connectivity index (χ2n) is 6.45. The molecule has 3 rings (SSSR count). The van der Waals surface area contributed by atoms with Crippen molar-refractivity contribution in [2.45, 2.75) is 37.6 Å². The molecular weight excluding hydrogens is 438 g/mol. The molecule has 11 heteroatoms. The molecule has 0 aromatic heterocycles. The third-order valence-electron chi connectivity index (χ3n) is 4.33. The van der Waals surface area contributed by atoms with Crippen LogP contribution in [0.15, 0.2) is 48.5 Å². The summed E-state index contributed by atoms with van der Waals surface area (Å²) >= 11 is 10.9. The van der Waals surface area contributed by atoms with Gasteiger partial charge in [0.25, 0.3) is 5.69 Å². The van der Waals surface area contributed by atoms with E-state index in [-0.39, 0.29) is 16.7 Å². The Morgan fingerprint density at radius 2 is 1.70 bits per heavy atom. The Morgan fingerprint density at radius 1 is 1.10 bits per heavy atom. The third-order valence-corrected chi connectivity index (χ3v) is 4.76. The Hall–Kier alpha value is -2.50. The second kappa shape index (κ2) is 9.54. The zero-order valence-electron chi connectivity index (χ0n) is 15.6. The van der Waals surface area contributed by atoms with Gasteiger partial charge in [-0.1, -0.05) is 11.6 Å². The number of nitro groups is 1. The van der Waals surface area contributed by atoms with Gasteiger partial charge in [0, 0.05) is 29.4 Å². The molecule has 1 aliphatic heterocycles. The summed E-state index contributed by atoms with van der Waals surface area (Å²) in [5.74, 6) is 0.596. The third kappa shape index (κ3) is 5.35. The minimum atomic E-state index is -1.40. The topological polar surface area (TPSA) is 121 Å². The van der Waals surface area contributed by atoms with Crippen LogP contribution in [0.3, 0.4) is 0 Å². The average molecular weight is 456 g/mol. The number of non-ortho nitro benzene ring substituents is 1. The molecule has 0 aliphatic carbocycles. The van der Waals surface area contributed by atoms with Gasteiger partial charge < -0.3 is 29.2 Å². The van der Waals surface area contributed by atoms with Crippen molar-refractivity contribution in [3.05, 3.63) is 63.7 Å². The first-order valence-corrected chi connectivity index (χ1v) is 9.60. The Morgan fingerprint density at radius 3 is 2.30 bits per heavy atom. The number of nitro benzene ring substituents is 1. The van der Waals surface area contributed by atoms with E-state index in [0.717, 1.165) is 0 Å². The van der Waals surface area contributed by atoms with Crippen LogP contribution in [0.4, 0.5) is 5.69 Å². The fourth-order valence-electron chi connectivity index (χ4n) is 2.75. The summed E-state index contributed by atoms with van der Waals surface area (Å²) in [5.41, 5.74) is -0.111. The molecule has 0 unspecified atom stereocenters. The number of aliphatic hydroxyl groups excluding tert-OH is 2. The van der Waals surface area contributed by atoms with E-state index in [9.17, 15) is 20.3 Å². The van der Waals surface area contributed by atoms with E-state index in [1.807, 2.05) is 0 Å². The maximum Gasteiger partial charge on any atom is 0.358 e. The van der Waals surface area contributed by atoms with Crippen LogP contribution < -0.4 is 9.47 Å². The van der Waals surface area contributed by atoms with E-state index in [1.165, 1.54) is 24.3 Å². The predicted octanol–water partition coefficient (Wildman–Crippen LogP) is 2.84. The lowest BCUT2D eigenvalue weighted by molar-refractivity contribution is -0.384. The standard InChI is InChI=1S/C19H18ClNO8S/c1-10-15(22)17(16(23)18(26-10)27-13-6-2-11(20)3-7-13)29-19(30)28-14-8-4-12(5-9-14)21(24)25/h2-10,15-18,22-23H,1H3/t10-,15-,16+,17+,18+/m0/s1. The van der Waals surface area contributed by atoms with E-state index < -0.39 is 35.6 Å². The van der Waals surface area contributed by atoms with Crippen LogP contribution in [0, 0.1) is 10.1 Å². The molecule has 1 aliphatic rings. The summed E-state index contributed by atoms with van der Waals surface area (Å²) in [6.45, 7) is 1.59. The average Bonchev–Trinajstić information content (AvgIpc) is 2.71. The van der Waals surface area contributed by atoms with E-state index in [2.05, 4.69) is 0 Å². The maximum atomic E-state index is 10.7. The lowest BCUT2D eigenvalue weighted by atomic mass is 10.00. The molecule has 0 bridgehead atoms. The number of hydrogen-bond acceptors (Lipinski definition) is 9. The number of nitrogens with zero attached hydrogens (tertiary/aromatic N) is 1. The molecule has 0 amide bonds. The molecule has 0 saturated carbocycles. The highest BCUT2D eigenvalue weighted by Gasteiger charge is 2.46. The molecule has 1 saturated heterocycles. The normalized spacial score (nSPS) is 25.9. The lowest BCUT2D eigenvalue weighted by Crippen LogP contribution is -2.59. The van der Waals surface area contributed by atoms with Crippen LogP contribution in [0.25, 0.3) is 0 Å². The first-order valence-electron chi connectivity index (χ1n) is 8.81. The molecule has 2 aromatic rings. The van der Waals surface area contributed by atoms with Crippen molar-refractivity contribution in [2.75, 3.05) is 0 Å². The second-order valence-corrected chi connectivity index (χ2v) is 7.22. The van der Waals surface area contributed by atoms with Crippen LogP contribution in [-0.2, 0) is 9.47 Å². The molecular formula is C19H18ClNO8S. The molecule has 1 fully saturated rings. The monoisotopic (exact) mass is 455 g/mol. The summed E-state index contributed by atoms with van der Waals surface area (Å²) in [6, 6.07) is 11.6. The fraction of sp³-hybridized carbons (Fsp3) is 0.316. The molecule has 5 atom stereocenters. The van der Waals surface area contributed by atoms with Gasteiger partial charge in [0.15, 0.2) is 12.2 Å². The van der Waals surface area contributed by atoms with E-state index in [1.54, 1.807) is 31.2 Å². The van der Waals surface area contributed by atoms with Gasteiger partial charge in [-0.25, -0.2) is 0 Å². The first-order chi connectivity index (χ1) is 14.2. The zero-order valence-corrected chi connectivity index (χ0v) is 17.2. The summed E-state index contributed by atoms with van der Waals surface area (Å²) in [4.78, 5) is 10.2. The number of ether oxygens (including phenoxy) is 4. The quantitative estimate of drug-likeness (QED) is 0.398. The van der Waals surface area contributed by atoms with Gasteiger partial charge >= 0.3 is 5.24 Å². The highest BCUT2D eigenvalue weighted by molar-refractivity contribution is 7.79. The van der Waals surface area contributed by atoms with Gasteiger partial charge in [-0.3, -0.25) is 10.1 Å². The van der Waals surface area contributed by atoms with Crippen molar-refractivity contribution in [2.24, 2.45) is 0 Å². The highest BCUT2D eigenvalue weighted by atomic mass is 35.5. The van der Waals surface area contributed by atoms with Crippen LogP contribution in [0.1, 0.15) is 6.92 Å². The largest absolute Gasteiger partial charge is 0.462 e. The van der Waals surface area contributed by atoms with Crippen LogP contribution in [0.2, 0.25) is 5.02 Å². The molecule has 160 valence electrons. The van der Waals surface area contributed by atoms with E-state index in [0.29, 0.717) is 10.8 Å². The molecule has 0 spiro atoms. The molecule has 9 nitrogen and oxygen atoms in total. The van der Waals surface area contributed by atoms with Crippen molar-refractivity contribution >= 4 is 34.7 Å². The number of halogens is 1. The summed E-state index contributed by atoms with van der Waals surface area (Å²) in [7, 11) is 0. The molecule has 2 aromatic carbocycles. The predicted molar refractivity (Wildman–Crippen MR) is 110 cm³/mol. The Balaban J connectivity index is 1.65. The smallest absolute Gasteiger partial charge is 0.358 e. The number of aliphatic hydroxyl groups is 2.